The second kappa shape index (κ2) is 10.2. The first kappa shape index (κ1) is 21.8. The van der Waals surface area contributed by atoms with Gasteiger partial charge in [-0.3, -0.25) is 14.4 Å². The van der Waals surface area contributed by atoms with Crippen molar-refractivity contribution in [2.75, 3.05) is 39.9 Å². The zero-order chi connectivity index (χ0) is 20.8. The number of amides is 1. The molecule has 1 saturated heterocycles. The Morgan fingerprint density at radius 2 is 1.83 bits per heavy atom. The van der Waals surface area contributed by atoms with Gasteiger partial charge in [0.2, 0.25) is 0 Å². The monoisotopic (exact) mass is 417 g/mol. The van der Waals surface area contributed by atoms with Crippen molar-refractivity contribution in [3.05, 3.63) is 11.9 Å². The van der Waals surface area contributed by atoms with Crippen molar-refractivity contribution in [2.45, 2.75) is 82.7 Å². The molecule has 2 aliphatic carbocycles. The van der Waals surface area contributed by atoms with E-state index >= 15 is 0 Å². The van der Waals surface area contributed by atoms with E-state index in [4.69, 9.17) is 4.74 Å². The number of carbonyl (C=O) groups is 1. The van der Waals surface area contributed by atoms with Crippen molar-refractivity contribution in [3.63, 3.8) is 0 Å². The lowest BCUT2D eigenvalue weighted by atomic mass is 9.79. The molecule has 4 rings (SSSR count). The highest BCUT2D eigenvalue weighted by Gasteiger charge is 2.40. The Bertz CT molecular complexity index is 673. The molecule has 0 aromatic carbocycles. The minimum atomic E-state index is -0.00266. The Morgan fingerprint density at radius 1 is 1.13 bits per heavy atom. The third-order valence-corrected chi connectivity index (χ3v) is 7.59. The molecule has 0 bridgehead atoms. The molecular formula is C23H39N5O2. The predicted molar refractivity (Wildman–Crippen MR) is 116 cm³/mol. The quantitative estimate of drug-likeness (QED) is 0.681. The molecule has 0 radical (unpaired) electrons. The van der Waals surface area contributed by atoms with Crippen molar-refractivity contribution in [1.29, 1.82) is 0 Å². The molecule has 3 aliphatic rings. The number of aromatic nitrogens is 3. The minimum absolute atomic E-state index is 0.00266. The summed E-state index contributed by atoms with van der Waals surface area (Å²) in [5, 5.41) is 8.47. The number of aryl methyl sites for hydroxylation is 1. The van der Waals surface area contributed by atoms with Crippen LogP contribution in [0.3, 0.4) is 0 Å². The lowest BCUT2D eigenvalue weighted by Gasteiger charge is -2.49. The molecule has 0 unspecified atom stereocenters. The summed E-state index contributed by atoms with van der Waals surface area (Å²) in [6.45, 7) is 5.18. The Hall–Kier alpha value is -1.47. The van der Waals surface area contributed by atoms with Gasteiger partial charge in [0.15, 0.2) is 5.69 Å². The normalized spacial score (nSPS) is 23.4. The van der Waals surface area contributed by atoms with Crippen molar-refractivity contribution < 1.29 is 9.53 Å². The van der Waals surface area contributed by atoms with Gasteiger partial charge in [0.25, 0.3) is 5.91 Å². The molecule has 1 aromatic heterocycles. The minimum Gasteiger partial charge on any atom is -0.379 e. The number of morpholine rings is 1. The lowest BCUT2D eigenvalue weighted by molar-refractivity contribution is -0.0460. The number of rotatable bonds is 7. The molecule has 0 N–H and O–H groups in total. The molecule has 7 nitrogen and oxygen atoms in total. The highest BCUT2D eigenvalue weighted by atomic mass is 16.5. The Morgan fingerprint density at radius 3 is 2.57 bits per heavy atom. The number of hydrogen-bond donors (Lipinski definition) is 0. The van der Waals surface area contributed by atoms with E-state index in [1.807, 2.05) is 22.8 Å². The maximum atomic E-state index is 13.1. The maximum Gasteiger partial charge on any atom is 0.275 e. The van der Waals surface area contributed by atoms with Gasteiger partial charge in [0, 0.05) is 38.8 Å². The average Bonchev–Trinajstić information content (AvgIpc) is 3.28. The van der Waals surface area contributed by atoms with E-state index in [1.54, 1.807) is 0 Å². The fraction of sp³-hybridized carbons (Fsp3) is 0.870. The third-order valence-electron chi connectivity index (χ3n) is 7.59. The largest absolute Gasteiger partial charge is 0.379 e. The molecule has 2 heterocycles. The molecule has 1 aromatic rings. The van der Waals surface area contributed by atoms with Crippen LogP contribution in [-0.2, 0) is 11.3 Å². The number of carbonyl (C=O) groups excluding carboxylic acids is 1. The van der Waals surface area contributed by atoms with E-state index in [0.29, 0.717) is 5.69 Å². The third kappa shape index (κ3) is 5.22. The highest BCUT2D eigenvalue weighted by Crippen LogP contribution is 2.35. The first-order valence-electron chi connectivity index (χ1n) is 12.1. The summed E-state index contributed by atoms with van der Waals surface area (Å²) in [5.74, 6) is 0.807. The molecule has 30 heavy (non-hydrogen) atoms. The molecule has 3 fully saturated rings. The summed E-state index contributed by atoms with van der Waals surface area (Å²) >= 11 is 0. The summed E-state index contributed by atoms with van der Waals surface area (Å²) in [7, 11) is 1.93. The van der Waals surface area contributed by atoms with Crippen LogP contribution in [0.1, 0.15) is 81.1 Å². The SMILES string of the molecule is CN(CC1(N2CCOCC2)CCCCC1)C(=O)c1cn(CCC2CCCCC2)nn1. The van der Waals surface area contributed by atoms with Crippen molar-refractivity contribution in [3.8, 4) is 0 Å². The Kier molecular flexibility index (Phi) is 7.41. The van der Waals surface area contributed by atoms with Crippen LogP contribution in [0.15, 0.2) is 6.20 Å². The van der Waals surface area contributed by atoms with Gasteiger partial charge >= 0.3 is 0 Å². The van der Waals surface area contributed by atoms with E-state index in [1.165, 1.54) is 64.2 Å². The summed E-state index contributed by atoms with van der Waals surface area (Å²) in [4.78, 5) is 17.6. The molecule has 0 spiro atoms. The van der Waals surface area contributed by atoms with Gasteiger partial charge in [0.05, 0.1) is 19.4 Å². The van der Waals surface area contributed by atoms with Gasteiger partial charge in [-0.2, -0.15) is 0 Å². The van der Waals surface area contributed by atoms with Crippen LogP contribution in [0, 0.1) is 5.92 Å². The summed E-state index contributed by atoms with van der Waals surface area (Å²) in [6, 6.07) is 0. The van der Waals surface area contributed by atoms with Crippen LogP contribution in [0.2, 0.25) is 0 Å². The van der Waals surface area contributed by atoms with Gasteiger partial charge in [-0.1, -0.05) is 56.6 Å². The van der Waals surface area contributed by atoms with E-state index in [2.05, 4.69) is 15.2 Å². The van der Waals surface area contributed by atoms with Crippen molar-refractivity contribution in [1.82, 2.24) is 24.8 Å². The standard InChI is InChI=1S/C23H39N5O2/c1-26(19-23(11-6-3-7-12-23)27-14-16-30-17-15-27)22(29)21-18-28(25-24-21)13-10-20-8-4-2-5-9-20/h18,20H,2-17,19H2,1H3. The molecule has 0 atom stereocenters. The summed E-state index contributed by atoms with van der Waals surface area (Å²) in [6.07, 6.45) is 15.9. The Labute approximate surface area is 181 Å². The van der Waals surface area contributed by atoms with Gasteiger partial charge in [-0.05, 0) is 25.2 Å². The van der Waals surface area contributed by atoms with E-state index in [0.717, 1.165) is 51.7 Å². The molecule has 1 aliphatic heterocycles. The molecule has 168 valence electrons. The fourth-order valence-electron chi connectivity index (χ4n) is 5.83. The summed E-state index contributed by atoms with van der Waals surface area (Å²) < 4.78 is 7.45. The van der Waals surface area contributed by atoms with Crippen LogP contribution in [0.4, 0.5) is 0 Å². The van der Waals surface area contributed by atoms with Gasteiger partial charge in [-0.15, -0.1) is 5.10 Å². The van der Waals surface area contributed by atoms with Crippen molar-refractivity contribution >= 4 is 5.91 Å². The molecule has 7 heteroatoms. The van der Waals surface area contributed by atoms with E-state index < -0.39 is 0 Å². The second-order valence-electron chi connectivity index (χ2n) is 9.71. The number of ether oxygens (including phenoxy) is 1. The molecule has 2 saturated carbocycles. The van der Waals surface area contributed by atoms with Gasteiger partial charge in [0.1, 0.15) is 0 Å². The second-order valence-corrected chi connectivity index (χ2v) is 9.71. The highest BCUT2D eigenvalue weighted by molar-refractivity contribution is 5.91. The molecule has 1 amide bonds. The summed E-state index contributed by atoms with van der Waals surface area (Å²) in [5.41, 5.74) is 0.567. The van der Waals surface area contributed by atoms with Gasteiger partial charge < -0.3 is 9.64 Å². The fourth-order valence-corrected chi connectivity index (χ4v) is 5.83. The smallest absolute Gasteiger partial charge is 0.275 e. The van der Waals surface area contributed by atoms with Crippen molar-refractivity contribution in [2.24, 2.45) is 5.92 Å². The average molecular weight is 418 g/mol. The topological polar surface area (TPSA) is 63.5 Å². The zero-order valence-corrected chi connectivity index (χ0v) is 18.7. The van der Waals surface area contributed by atoms with Gasteiger partial charge in [-0.25, -0.2) is 0 Å². The number of nitrogens with zero attached hydrogens (tertiary/aromatic N) is 5. The molecular weight excluding hydrogens is 378 g/mol. The first-order chi connectivity index (χ1) is 14.7. The van der Waals surface area contributed by atoms with Crippen LogP contribution >= 0.6 is 0 Å². The number of likely N-dealkylation sites (N-methyl/N-ethyl adjacent to an activating group) is 1. The van der Waals surface area contributed by atoms with Crippen LogP contribution in [-0.4, -0.2) is 76.1 Å². The zero-order valence-electron chi connectivity index (χ0n) is 18.7. The predicted octanol–water partition coefficient (Wildman–Crippen LogP) is 3.36. The first-order valence-corrected chi connectivity index (χ1v) is 12.1. The van der Waals surface area contributed by atoms with Crippen LogP contribution in [0.5, 0.6) is 0 Å². The number of hydrogen-bond acceptors (Lipinski definition) is 5. The van der Waals surface area contributed by atoms with Crippen LogP contribution in [0.25, 0.3) is 0 Å². The lowest BCUT2D eigenvalue weighted by Crippen LogP contribution is -2.59. The van der Waals surface area contributed by atoms with Crippen LogP contribution < -0.4 is 0 Å². The Balaban J connectivity index is 1.35. The van der Waals surface area contributed by atoms with E-state index in [9.17, 15) is 4.79 Å². The maximum absolute atomic E-state index is 13.1. The van der Waals surface area contributed by atoms with E-state index in [-0.39, 0.29) is 11.4 Å².